The van der Waals surface area contributed by atoms with Crippen molar-refractivity contribution in [2.24, 2.45) is 5.14 Å². The molecule has 0 aliphatic rings. The molecule has 7 heteroatoms. The molecule has 1 atom stereocenters. The number of nitrogen functional groups attached to an aromatic ring is 1. The average Bonchev–Trinajstić information content (AvgIpc) is 2.24. The average molecular weight is 273 g/mol. The molecule has 6 nitrogen and oxygen atoms in total. The summed E-state index contributed by atoms with van der Waals surface area (Å²) in [6.45, 7) is 2.32. The second-order valence-corrected chi connectivity index (χ2v) is 5.71. The van der Waals surface area contributed by atoms with Crippen LogP contribution in [0.1, 0.15) is 19.8 Å². The number of anilines is 2. The van der Waals surface area contributed by atoms with Gasteiger partial charge < -0.3 is 16.2 Å². The molecule has 0 spiro atoms. The van der Waals surface area contributed by atoms with Gasteiger partial charge >= 0.3 is 0 Å². The second kappa shape index (κ2) is 6.03. The Morgan fingerprint density at radius 1 is 1.44 bits per heavy atom. The van der Waals surface area contributed by atoms with Crippen LogP contribution in [0.3, 0.4) is 0 Å². The number of rotatable bonds is 6. The number of hydrogen-bond donors (Lipinski definition) is 4. The van der Waals surface area contributed by atoms with Gasteiger partial charge in [0.1, 0.15) is 4.90 Å². The van der Waals surface area contributed by atoms with Crippen LogP contribution in [0.2, 0.25) is 0 Å². The van der Waals surface area contributed by atoms with Crippen LogP contribution >= 0.6 is 0 Å². The van der Waals surface area contributed by atoms with Crippen molar-refractivity contribution in [3.8, 4) is 0 Å². The van der Waals surface area contributed by atoms with Crippen molar-refractivity contribution >= 4 is 21.4 Å². The molecule has 0 saturated heterocycles. The molecule has 18 heavy (non-hydrogen) atoms. The molecule has 1 unspecified atom stereocenters. The number of hydrogen-bond acceptors (Lipinski definition) is 5. The lowest BCUT2D eigenvalue weighted by molar-refractivity contribution is 0.183. The van der Waals surface area contributed by atoms with Crippen molar-refractivity contribution in [3.63, 3.8) is 0 Å². The third-order valence-corrected chi connectivity index (χ3v) is 3.46. The van der Waals surface area contributed by atoms with E-state index >= 15 is 0 Å². The summed E-state index contributed by atoms with van der Waals surface area (Å²) in [7, 11) is -3.81. The molecule has 0 heterocycles. The van der Waals surface area contributed by atoms with Crippen LogP contribution in [-0.4, -0.2) is 26.2 Å². The van der Waals surface area contributed by atoms with Gasteiger partial charge in [0, 0.05) is 6.54 Å². The topological polar surface area (TPSA) is 118 Å². The van der Waals surface area contributed by atoms with Crippen LogP contribution in [0.25, 0.3) is 0 Å². The Morgan fingerprint density at radius 3 is 2.67 bits per heavy atom. The Balaban J connectivity index is 2.73. The smallest absolute Gasteiger partial charge is 0.240 e. The van der Waals surface area contributed by atoms with E-state index in [2.05, 4.69) is 5.32 Å². The summed E-state index contributed by atoms with van der Waals surface area (Å²) in [5, 5.41) is 17.2. The SMILES string of the molecule is CC(O)CCCNc1cccc(S(N)(=O)=O)c1N. The second-order valence-electron chi connectivity index (χ2n) is 4.18. The maximum atomic E-state index is 11.3. The highest BCUT2D eigenvalue weighted by atomic mass is 32.2. The maximum absolute atomic E-state index is 11.3. The van der Waals surface area contributed by atoms with Crippen LogP contribution in [0.4, 0.5) is 11.4 Å². The lowest BCUT2D eigenvalue weighted by atomic mass is 10.2. The van der Waals surface area contributed by atoms with Gasteiger partial charge in [-0.25, -0.2) is 13.6 Å². The molecule has 0 saturated carbocycles. The van der Waals surface area contributed by atoms with E-state index in [1.54, 1.807) is 19.1 Å². The molecule has 0 amide bonds. The fourth-order valence-corrected chi connectivity index (χ4v) is 2.25. The predicted octanol–water partition coefficient (Wildman–Crippen LogP) is 0.489. The summed E-state index contributed by atoms with van der Waals surface area (Å²) in [5.41, 5.74) is 6.40. The van der Waals surface area contributed by atoms with E-state index in [1.807, 2.05) is 0 Å². The number of nitrogens with one attached hydrogen (secondary N) is 1. The van der Waals surface area contributed by atoms with E-state index in [0.717, 1.165) is 6.42 Å². The molecular weight excluding hydrogens is 254 g/mol. The fraction of sp³-hybridized carbons (Fsp3) is 0.455. The Labute approximate surface area is 107 Å². The molecule has 0 aliphatic carbocycles. The number of aliphatic hydroxyl groups excluding tert-OH is 1. The van der Waals surface area contributed by atoms with Crippen LogP contribution in [-0.2, 0) is 10.0 Å². The highest BCUT2D eigenvalue weighted by Gasteiger charge is 2.14. The first-order valence-corrected chi connectivity index (χ1v) is 7.20. The summed E-state index contributed by atoms with van der Waals surface area (Å²) >= 11 is 0. The van der Waals surface area contributed by atoms with E-state index in [1.165, 1.54) is 6.07 Å². The molecule has 1 aromatic carbocycles. The summed E-state index contributed by atoms with van der Waals surface area (Å²) in [6.07, 6.45) is 1.08. The first-order chi connectivity index (χ1) is 8.32. The van der Waals surface area contributed by atoms with Crippen molar-refractivity contribution < 1.29 is 13.5 Å². The van der Waals surface area contributed by atoms with Gasteiger partial charge in [0.05, 0.1) is 17.5 Å². The Morgan fingerprint density at radius 2 is 2.11 bits per heavy atom. The Bertz CT molecular complexity index is 500. The van der Waals surface area contributed by atoms with Gasteiger partial charge in [0.25, 0.3) is 0 Å². The monoisotopic (exact) mass is 273 g/mol. The molecule has 1 aromatic rings. The number of aliphatic hydroxyl groups is 1. The summed E-state index contributed by atoms with van der Waals surface area (Å²) in [6, 6.07) is 4.63. The molecule has 0 aliphatic heterocycles. The van der Waals surface area contributed by atoms with Crippen molar-refractivity contribution in [3.05, 3.63) is 18.2 Å². The molecular formula is C11H19N3O3S. The number of sulfonamides is 1. The van der Waals surface area contributed by atoms with Crippen molar-refractivity contribution in [1.82, 2.24) is 0 Å². The standard InChI is InChI=1S/C11H19N3O3S/c1-8(15)4-3-7-14-9-5-2-6-10(11(9)12)18(13,16)17/h2,5-6,8,14-15H,3-4,7,12H2,1H3,(H2,13,16,17). The van der Waals surface area contributed by atoms with Gasteiger partial charge in [-0.2, -0.15) is 0 Å². The number of nitrogens with two attached hydrogens (primary N) is 2. The largest absolute Gasteiger partial charge is 0.396 e. The first-order valence-electron chi connectivity index (χ1n) is 5.65. The lowest BCUT2D eigenvalue weighted by Gasteiger charge is -2.12. The zero-order chi connectivity index (χ0) is 13.8. The zero-order valence-electron chi connectivity index (χ0n) is 10.3. The first kappa shape index (κ1) is 14.7. The summed E-state index contributed by atoms with van der Waals surface area (Å²) < 4.78 is 22.5. The summed E-state index contributed by atoms with van der Waals surface area (Å²) in [5.74, 6) is 0. The minimum absolute atomic E-state index is 0.0805. The predicted molar refractivity (Wildman–Crippen MR) is 71.6 cm³/mol. The van der Waals surface area contributed by atoms with Gasteiger partial charge in [-0.1, -0.05) is 6.07 Å². The van der Waals surface area contributed by atoms with Gasteiger partial charge in [-0.15, -0.1) is 0 Å². The highest BCUT2D eigenvalue weighted by Crippen LogP contribution is 2.25. The van der Waals surface area contributed by atoms with Crippen LogP contribution in [0.15, 0.2) is 23.1 Å². The Hall–Kier alpha value is -1.31. The quantitative estimate of drug-likeness (QED) is 0.444. The Kier molecular flexibility index (Phi) is 4.94. The number of benzene rings is 1. The van der Waals surface area contributed by atoms with Gasteiger partial charge in [0.2, 0.25) is 10.0 Å². The van der Waals surface area contributed by atoms with Crippen molar-refractivity contribution in [1.29, 1.82) is 0 Å². The fourth-order valence-electron chi connectivity index (χ4n) is 1.57. The maximum Gasteiger partial charge on any atom is 0.240 e. The van der Waals surface area contributed by atoms with E-state index in [9.17, 15) is 8.42 Å². The molecule has 102 valence electrons. The minimum Gasteiger partial charge on any atom is -0.396 e. The van der Waals surface area contributed by atoms with Crippen LogP contribution < -0.4 is 16.2 Å². The van der Waals surface area contributed by atoms with Gasteiger partial charge in [-0.05, 0) is 31.9 Å². The van der Waals surface area contributed by atoms with Gasteiger partial charge in [0.15, 0.2) is 0 Å². The minimum atomic E-state index is -3.81. The van der Waals surface area contributed by atoms with E-state index in [4.69, 9.17) is 16.0 Å². The number of primary sulfonamides is 1. The molecule has 6 N–H and O–H groups in total. The third kappa shape index (κ3) is 4.17. The third-order valence-electron chi connectivity index (χ3n) is 2.49. The van der Waals surface area contributed by atoms with Crippen LogP contribution in [0.5, 0.6) is 0 Å². The molecule has 0 fully saturated rings. The van der Waals surface area contributed by atoms with Crippen LogP contribution in [0, 0.1) is 0 Å². The van der Waals surface area contributed by atoms with Crippen molar-refractivity contribution in [2.45, 2.75) is 30.8 Å². The molecule has 0 bridgehead atoms. The van der Waals surface area contributed by atoms with Crippen molar-refractivity contribution in [2.75, 3.05) is 17.6 Å². The lowest BCUT2D eigenvalue weighted by Crippen LogP contribution is -2.16. The number of para-hydroxylation sites is 1. The molecule has 1 rings (SSSR count). The van der Waals surface area contributed by atoms with E-state index in [-0.39, 0.29) is 16.7 Å². The summed E-state index contributed by atoms with van der Waals surface area (Å²) in [4.78, 5) is -0.0805. The van der Waals surface area contributed by atoms with Gasteiger partial charge in [-0.3, -0.25) is 0 Å². The molecule has 0 aromatic heterocycles. The highest BCUT2D eigenvalue weighted by molar-refractivity contribution is 7.89. The zero-order valence-corrected chi connectivity index (χ0v) is 11.1. The van der Waals surface area contributed by atoms with E-state index in [0.29, 0.717) is 18.7 Å². The molecule has 0 radical (unpaired) electrons. The van der Waals surface area contributed by atoms with E-state index < -0.39 is 10.0 Å². The normalized spacial score (nSPS) is 13.3.